The van der Waals surface area contributed by atoms with Crippen LogP contribution < -0.4 is 0 Å². The van der Waals surface area contributed by atoms with Gasteiger partial charge in [-0.05, 0) is 25.7 Å². The average Bonchev–Trinajstić information content (AvgIpc) is 2.56. The van der Waals surface area contributed by atoms with Crippen molar-refractivity contribution in [2.24, 2.45) is 5.41 Å². The molecule has 0 aliphatic heterocycles. The lowest BCUT2D eigenvalue weighted by Crippen LogP contribution is -2.33. The molecule has 0 rings (SSSR count). The molecule has 0 fully saturated rings. The molecule has 2 heteroatoms. The molecule has 0 atom stereocenters. The molecule has 0 aromatic rings. The number of hydrogen-bond donors (Lipinski definition) is 0. The van der Waals surface area contributed by atoms with Crippen LogP contribution in [0.3, 0.4) is 0 Å². The Morgan fingerprint density at radius 3 is 1.65 bits per heavy atom. The van der Waals surface area contributed by atoms with Gasteiger partial charge in [-0.25, -0.2) is 0 Å². The first-order chi connectivity index (χ1) is 11.2. The van der Waals surface area contributed by atoms with Gasteiger partial charge in [0, 0.05) is 0 Å². The molecule has 0 aliphatic carbocycles. The molecule has 0 aliphatic rings. The lowest BCUT2D eigenvalue weighted by atomic mass is 9.74. The maximum atomic E-state index is 12.8. The summed E-state index contributed by atoms with van der Waals surface area (Å²) in [6, 6.07) is 0. The predicted octanol–water partition coefficient (Wildman–Crippen LogP) is 7.06. The monoisotopic (exact) mass is 326 g/mol. The third-order valence-electron chi connectivity index (χ3n) is 4.94. The lowest BCUT2D eigenvalue weighted by Gasteiger charge is -2.32. The van der Waals surface area contributed by atoms with Crippen molar-refractivity contribution in [2.45, 2.75) is 118 Å². The van der Waals surface area contributed by atoms with Gasteiger partial charge in [-0.3, -0.25) is 4.79 Å². The van der Waals surface area contributed by atoms with Crippen LogP contribution in [0.25, 0.3) is 0 Å². The molecule has 23 heavy (non-hydrogen) atoms. The second kappa shape index (κ2) is 15.0. The Bertz CT molecular complexity index is 265. The fourth-order valence-electron chi connectivity index (χ4n) is 3.24. The standard InChI is InChI=1S/C21H42O2/c1-5-9-13-14-15-18-21(16-10-6-2,17-11-7-3)20(22)23-19-12-8-4/h5-19H2,1-4H3. The summed E-state index contributed by atoms with van der Waals surface area (Å²) >= 11 is 0. The van der Waals surface area contributed by atoms with Gasteiger partial charge >= 0.3 is 5.97 Å². The zero-order valence-electron chi connectivity index (χ0n) is 16.4. The van der Waals surface area contributed by atoms with Crippen LogP contribution in [0.1, 0.15) is 118 Å². The molecule has 0 aromatic carbocycles. The molecule has 138 valence electrons. The SMILES string of the molecule is CCCCCCCC(CCCC)(CCCC)C(=O)OCCCC. The van der Waals surface area contributed by atoms with Crippen LogP contribution in [0.15, 0.2) is 0 Å². The Labute approximate surface area is 145 Å². The normalized spacial score (nSPS) is 11.7. The summed E-state index contributed by atoms with van der Waals surface area (Å²) in [4.78, 5) is 12.8. The Kier molecular flexibility index (Phi) is 14.7. The van der Waals surface area contributed by atoms with E-state index in [-0.39, 0.29) is 11.4 Å². The van der Waals surface area contributed by atoms with Gasteiger partial charge in [0.25, 0.3) is 0 Å². The van der Waals surface area contributed by atoms with Gasteiger partial charge in [-0.2, -0.15) is 0 Å². The van der Waals surface area contributed by atoms with E-state index in [1.54, 1.807) is 0 Å². The lowest BCUT2D eigenvalue weighted by molar-refractivity contribution is -0.158. The summed E-state index contributed by atoms with van der Waals surface area (Å²) in [6.45, 7) is 9.43. The van der Waals surface area contributed by atoms with Gasteiger partial charge in [-0.15, -0.1) is 0 Å². The van der Waals surface area contributed by atoms with Crippen LogP contribution in [-0.2, 0) is 9.53 Å². The van der Waals surface area contributed by atoms with Crippen molar-refractivity contribution in [3.63, 3.8) is 0 Å². The fourth-order valence-corrected chi connectivity index (χ4v) is 3.24. The van der Waals surface area contributed by atoms with Crippen molar-refractivity contribution in [3.8, 4) is 0 Å². The predicted molar refractivity (Wildman–Crippen MR) is 101 cm³/mol. The fraction of sp³-hybridized carbons (Fsp3) is 0.952. The van der Waals surface area contributed by atoms with E-state index in [1.165, 1.54) is 32.1 Å². The van der Waals surface area contributed by atoms with E-state index in [2.05, 4.69) is 27.7 Å². The van der Waals surface area contributed by atoms with Crippen LogP contribution in [0.4, 0.5) is 0 Å². The quantitative estimate of drug-likeness (QED) is 0.224. The van der Waals surface area contributed by atoms with Gasteiger partial charge in [0.1, 0.15) is 0 Å². The second-order valence-electron chi connectivity index (χ2n) is 7.14. The van der Waals surface area contributed by atoms with E-state index < -0.39 is 0 Å². The molecular formula is C21H42O2. The topological polar surface area (TPSA) is 26.3 Å². The van der Waals surface area contributed by atoms with Crippen molar-refractivity contribution >= 4 is 5.97 Å². The Morgan fingerprint density at radius 2 is 1.13 bits per heavy atom. The van der Waals surface area contributed by atoms with Gasteiger partial charge < -0.3 is 4.74 Å². The van der Waals surface area contributed by atoms with E-state index in [0.29, 0.717) is 6.61 Å². The minimum absolute atomic E-state index is 0.100. The first-order valence-electron chi connectivity index (χ1n) is 10.3. The number of carbonyl (C=O) groups excluding carboxylic acids is 1. The Balaban J connectivity index is 4.73. The zero-order valence-corrected chi connectivity index (χ0v) is 16.4. The summed E-state index contributed by atoms with van der Waals surface area (Å²) in [5.41, 5.74) is -0.202. The minimum atomic E-state index is -0.202. The molecule has 0 saturated carbocycles. The molecule has 0 N–H and O–H groups in total. The number of ether oxygens (including phenoxy) is 1. The zero-order chi connectivity index (χ0) is 17.4. The van der Waals surface area contributed by atoms with Crippen LogP contribution >= 0.6 is 0 Å². The summed E-state index contributed by atoms with van der Waals surface area (Å²) < 4.78 is 5.68. The number of esters is 1. The van der Waals surface area contributed by atoms with Crippen molar-refractivity contribution in [3.05, 3.63) is 0 Å². The molecule has 0 bridgehead atoms. The minimum Gasteiger partial charge on any atom is -0.465 e. The van der Waals surface area contributed by atoms with Gasteiger partial charge in [0.15, 0.2) is 0 Å². The van der Waals surface area contributed by atoms with Crippen molar-refractivity contribution in [1.82, 2.24) is 0 Å². The third-order valence-corrected chi connectivity index (χ3v) is 4.94. The van der Waals surface area contributed by atoms with Gasteiger partial charge in [-0.1, -0.05) is 91.9 Å². The molecule has 2 nitrogen and oxygen atoms in total. The highest BCUT2D eigenvalue weighted by Crippen LogP contribution is 2.38. The summed E-state index contributed by atoms with van der Waals surface area (Å²) in [5.74, 6) is 0.100. The summed E-state index contributed by atoms with van der Waals surface area (Å²) in [6.07, 6.45) is 16.1. The molecule has 0 unspecified atom stereocenters. The maximum Gasteiger partial charge on any atom is 0.312 e. The summed E-state index contributed by atoms with van der Waals surface area (Å²) in [5, 5.41) is 0. The van der Waals surface area contributed by atoms with Crippen molar-refractivity contribution in [2.75, 3.05) is 6.61 Å². The Hall–Kier alpha value is -0.530. The number of hydrogen-bond acceptors (Lipinski definition) is 2. The van der Waals surface area contributed by atoms with Gasteiger partial charge in [0.05, 0.1) is 12.0 Å². The molecule has 0 heterocycles. The first-order valence-corrected chi connectivity index (χ1v) is 10.3. The van der Waals surface area contributed by atoms with E-state index in [1.807, 2.05) is 0 Å². The molecule has 0 radical (unpaired) electrons. The number of rotatable bonds is 16. The third kappa shape index (κ3) is 10.0. The largest absolute Gasteiger partial charge is 0.465 e. The van der Waals surface area contributed by atoms with E-state index in [4.69, 9.17) is 4.74 Å². The molecule has 0 saturated heterocycles. The highest BCUT2D eigenvalue weighted by molar-refractivity contribution is 5.76. The van der Waals surface area contributed by atoms with Crippen LogP contribution in [0.2, 0.25) is 0 Å². The van der Waals surface area contributed by atoms with E-state index in [0.717, 1.165) is 57.8 Å². The van der Waals surface area contributed by atoms with Crippen molar-refractivity contribution in [1.29, 1.82) is 0 Å². The van der Waals surface area contributed by atoms with Crippen LogP contribution in [0.5, 0.6) is 0 Å². The number of carbonyl (C=O) groups is 1. The molecule has 0 spiro atoms. The molecule has 0 aromatic heterocycles. The summed E-state index contributed by atoms with van der Waals surface area (Å²) in [7, 11) is 0. The highest BCUT2D eigenvalue weighted by Gasteiger charge is 2.37. The van der Waals surface area contributed by atoms with E-state index >= 15 is 0 Å². The van der Waals surface area contributed by atoms with Crippen molar-refractivity contribution < 1.29 is 9.53 Å². The first kappa shape index (κ1) is 22.5. The number of unbranched alkanes of at least 4 members (excludes halogenated alkanes) is 7. The van der Waals surface area contributed by atoms with Crippen LogP contribution in [-0.4, -0.2) is 12.6 Å². The average molecular weight is 327 g/mol. The molecule has 0 amide bonds. The van der Waals surface area contributed by atoms with Crippen LogP contribution in [0, 0.1) is 5.41 Å². The highest BCUT2D eigenvalue weighted by atomic mass is 16.5. The second-order valence-corrected chi connectivity index (χ2v) is 7.14. The van der Waals surface area contributed by atoms with Gasteiger partial charge in [0.2, 0.25) is 0 Å². The molecular weight excluding hydrogens is 284 g/mol. The maximum absolute atomic E-state index is 12.8. The smallest absolute Gasteiger partial charge is 0.312 e. The van der Waals surface area contributed by atoms with E-state index in [9.17, 15) is 4.79 Å². The Morgan fingerprint density at radius 1 is 0.652 bits per heavy atom.